The fourth-order valence-electron chi connectivity index (χ4n) is 1.60. The van der Waals surface area contributed by atoms with E-state index in [0.29, 0.717) is 13.1 Å². The van der Waals surface area contributed by atoms with Gasteiger partial charge in [0.05, 0.1) is 11.4 Å². The third kappa shape index (κ3) is 5.28. The molecule has 0 aromatic rings. The Balaban J connectivity index is 2.50. The Bertz CT molecular complexity index is 344. The summed E-state index contributed by atoms with van der Waals surface area (Å²) in [7, 11) is 0. The maximum Gasteiger partial charge on any atom is 0.411 e. The number of carbonyl (C=O) groups is 2. The summed E-state index contributed by atoms with van der Waals surface area (Å²) in [5.41, 5.74) is 4.69. The van der Waals surface area contributed by atoms with Gasteiger partial charge in [-0.1, -0.05) is 0 Å². The maximum absolute atomic E-state index is 12.0. The number of rotatable bonds is 4. The number of nitrogens with one attached hydrogen (secondary N) is 1. The Kier molecular flexibility index (Phi) is 5.49. The van der Waals surface area contributed by atoms with Crippen molar-refractivity contribution in [3.63, 3.8) is 0 Å². The van der Waals surface area contributed by atoms with Crippen molar-refractivity contribution in [2.45, 2.75) is 44.7 Å². The number of nitrogens with zero attached hydrogens (tertiary/aromatic N) is 1. The molecule has 0 spiro atoms. The second-order valence-corrected chi connectivity index (χ2v) is 6.82. The molecule has 0 bridgehead atoms. The number of ether oxygens (including phenoxy) is 1. The predicted molar refractivity (Wildman–Crippen MR) is 75.8 cm³/mol. The topological polar surface area (TPSA) is 84.7 Å². The summed E-state index contributed by atoms with van der Waals surface area (Å²) in [5, 5.41) is 3.01. The van der Waals surface area contributed by atoms with E-state index in [2.05, 4.69) is 5.32 Å². The summed E-state index contributed by atoms with van der Waals surface area (Å²) in [4.78, 5) is 24.7. The molecular weight excluding hydrogens is 266 g/mol. The van der Waals surface area contributed by atoms with Crippen molar-refractivity contribution < 1.29 is 14.3 Å². The van der Waals surface area contributed by atoms with Crippen molar-refractivity contribution in [2.75, 3.05) is 18.8 Å². The smallest absolute Gasteiger partial charge is 0.411 e. The summed E-state index contributed by atoms with van der Waals surface area (Å²) in [6, 6.07) is -0.401. The molecule has 1 saturated heterocycles. The molecule has 0 aromatic heterocycles. The molecule has 1 aliphatic rings. The van der Waals surface area contributed by atoms with E-state index in [1.165, 1.54) is 0 Å². The standard InChI is InChI=1S/C12H23N3O3S/c1-8(10(13)16)14-7-9-15(5-6-19-9)11(17)18-12(2,3)4/h8-9,14H,5-7H2,1-4H3,(H2,13,16). The van der Waals surface area contributed by atoms with Crippen LogP contribution in [0.4, 0.5) is 4.79 Å². The van der Waals surface area contributed by atoms with Crippen molar-refractivity contribution in [3.8, 4) is 0 Å². The van der Waals surface area contributed by atoms with Gasteiger partial charge in [0.1, 0.15) is 5.60 Å². The molecule has 0 radical (unpaired) electrons. The first-order valence-corrected chi connectivity index (χ1v) is 7.39. The van der Waals surface area contributed by atoms with Crippen molar-refractivity contribution >= 4 is 23.8 Å². The van der Waals surface area contributed by atoms with E-state index in [0.717, 1.165) is 5.75 Å². The van der Waals surface area contributed by atoms with Gasteiger partial charge >= 0.3 is 6.09 Å². The van der Waals surface area contributed by atoms with Crippen LogP contribution in [0.3, 0.4) is 0 Å². The summed E-state index contributed by atoms with van der Waals surface area (Å²) < 4.78 is 5.36. The number of primary amides is 1. The average molecular weight is 289 g/mol. The first-order chi connectivity index (χ1) is 8.70. The van der Waals surface area contributed by atoms with Crippen molar-refractivity contribution in [3.05, 3.63) is 0 Å². The lowest BCUT2D eigenvalue weighted by Crippen LogP contribution is -2.47. The van der Waals surface area contributed by atoms with Crippen LogP contribution in [0, 0.1) is 0 Å². The van der Waals surface area contributed by atoms with Gasteiger partial charge in [0, 0.05) is 18.8 Å². The van der Waals surface area contributed by atoms with Gasteiger partial charge in [0.15, 0.2) is 0 Å². The molecule has 1 rings (SSSR count). The molecule has 0 aromatic carbocycles. The fraction of sp³-hybridized carbons (Fsp3) is 0.833. The average Bonchev–Trinajstić information content (AvgIpc) is 2.71. The third-order valence-corrected chi connectivity index (χ3v) is 3.87. The van der Waals surface area contributed by atoms with Crippen LogP contribution < -0.4 is 11.1 Å². The lowest BCUT2D eigenvalue weighted by molar-refractivity contribution is -0.119. The Morgan fingerprint density at radius 3 is 2.68 bits per heavy atom. The Morgan fingerprint density at radius 2 is 2.16 bits per heavy atom. The zero-order valence-corrected chi connectivity index (χ0v) is 12.8. The molecule has 2 amide bonds. The number of amides is 2. The molecular formula is C12H23N3O3S. The highest BCUT2D eigenvalue weighted by Gasteiger charge is 2.32. The van der Waals surface area contributed by atoms with Gasteiger partial charge in [-0.2, -0.15) is 0 Å². The second-order valence-electron chi connectivity index (χ2n) is 5.53. The minimum atomic E-state index is -0.497. The van der Waals surface area contributed by atoms with Crippen LogP contribution in [-0.4, -0.2) is 52.8 Å². The quantitative estimate of drug-likeness (QED) is 0.798. The van der Waals surface area contributed by atoms with Crippen molar-refractivity contribution in [2.24, 2.45) is 5.73 Å². The molecule has 0 aliphatic carbocycles. The van der Waals surface area contributed by atoms with E-state index in [4.69, 9.17) is 10.5 Å². The van der Waals surface area contributed by atoms with Crippen LogP contribution in [0.25, 0.3) is 0 Å². The number of thioether (sulfide) groups is 1. The van der Waals surface area contributed by atoms with Crippen LogP contribution >= 0.6 is 11.8 Å². The van der Waals surface area contributed by atoms with E-state index in [9.17, 15) is 9.59 Å². The van der Waals surface area contributed by atoms with Crippen molar-refractivity contribution in [1.29, 1.82) is 0 Å². The second kappa shape index (κ2) is 6.47. The first-order valence-electron chi connectivity index (χ1n) is 6.34. The summed E-state index contributed by atoms with van der Waals surface area (Å²) >= 11 is 1.67. The number of hydrogen-bond donors (Lipinski definition) is 2. The van der Waals surface area contributed by atoms with E-state index >= 15 is 0 Å². The summed E-state index contributed by atoms with van der Waals surface area (Å²) in [5.74, 6) is 0.475. The first kappa shape index (κ1) is 16.1. The van der Waals surface area contributed by atoms with Gasteiger partial charge in [0.2, 0.25) is 5.91 Å². The third-order valence-electron chi connectivity index (χ3n) is 2.64. The Labute approximate surface area is 118 Å². The molecule has 3 N–H and O–H groups in total. The van der Waals surface area contributed by atoms with Gasteiger partial charge in [-0.15, -0.1) is 11.8 Å². The molecule has 1 heterocycles. The predicted octanol–water partition coefficient (Wildman–Crippen LogP) is 0.760. The molecule has 6 nitrogen and oxygen atoms in total. The lowest BCUT2D eigenvalue weighted by Gasteiger charge is -2.28. The lowest BCUT2D eigenvalue weighted by atomic mass is 10.2. The number of carbonyl (C=O) groups excluding carboxylic acids is 2. The van der Waals surface area contributed by atoms with Gasteiger partial charge in [-0.25, -0.2) is 4.79 Å². The molecule has 19 heavy (non-hydrogen) atoms. The van der Waals surface area contributed by atoms with E-state index in [-0.39, 0.29) is 11.5 Å². The molecule has 2 unspecified atom stereocenters. The highest BCUT2D eigenvalue weighted by Crippen LogP contribution is 2.25. The Morgan fingerprint density at radius 1 is 1.53 bits per heavy atom. The highest BCUT2D eigenvalue weighted by atomic mass is 32.2. The monoisotopic (exact) mass is 289 g/mol. The van der Waals surface area contributed by atoms with Crippen LogP contribution in [0.15, 0.2) is 0 Å². The van der Waals surface area contributed by atoms with Crippen LogP contribution in [0.2, 0.25) is 0 Å². The zero-order valence-electron chi connectivity index (χ0n) is 11.9. The molecule has 1 fully saturated rings. The van der Waals surface area contributed by atoms with Gasteiger partial charge in [-0.3, -0.25) is 9.69 Å². The van der Waals surface area contributed by atoms with Gasteiger partial charge in [0.25, 0.3) is 0 Å². The largest absolute Gasteiger partial charge is 0.444 e. The van der Waals surface area contributed by atoms with E-state index < -0.39 is 17.6 Å². The zero-order chi connectivity index (χ0) is 14.6. The SMILES string of the molecule is CC(NCC1SCCN1C(=O)OC(C)(C)C)C(N)=O. The molecule has 2 atom stereocenters. The molecule has 0 saturated carbocycles. The highest BCUT2D eigenvalue weighted by molar-refractivity contribution is 8.00. The van der Waals surface area contributed by atoms with Gasteiger partial charge in [-0.05, 0) is 27.7 Å². The Hall–Kier alpha value is -0.950. The van der Waals surface area contributed by atoms with E-state index in [1.807, 2.05) is 20.8 Å². The number of nitrogens with two attached hydrogens (primary N) is 1. The normalized spacial score (nSPS) is 21.3. The maximum atomic E-state index is 12.0. The fourth-order valence-corrected chi connectivity index (χ4v) is 2.76. The van der Waals surface area contributed by atoms with E-state index in [1.54, 1.807) is 23.6 Å². The summed E-state index contributed by atoms with van der Waals surface area (Å²) in [6.45, 7) is 8.42. The number of hydrogen-bond acceptors (Lipinski definition) is 5. The minimum absolute atomic E-state index is 0.0170. The van der Waals surface area contributed by atoms with Crippen LogP contribution in [0.1, 0.15) is 27.7 Å². The molecule has 1 aliphatic heterocycles. The van der Waals surface area contributed by atoms with Crippen LogP contribution in [0.5, 0.6) is 0 Å². The molecule has 110 valence electrons. The minimum Gasteiger partial charge on any atom is -0.444 e. The summed E-state index contributed by atoms with van der Waals surface area (Å²) in [6.07, 6.45) is -0.309. The van der Waals surface area contributed by atoms with Crippen LogP contribution in [-0.2, 0) is 9.53 Å². The molecule has 7 heteroatoms. The van der Waals surface area contributed by atoms with Gasteiger partial charge < -0.3 is 15.8 Å². The van der Waals surface area contributed by atoms with Crippen molar-refractivity contribution in [1.82, 2.24) is 10.2 Å².